The van der Waals surface area contributed by atoms with Gasteiger partial charge in [0.25, 0.3) is 0 Å². The van der Waals surface area contributed by atoms with Crippen molar-refractivity contribution >= 4 is 28.6 Å². The molecule has 0 amide bonds. The molecular formula is C18H17N3O2S. The number of hydrogen-bond donors (Lipinski definition) is 3. The molecule has 3 N–H and O–H groups in total. The van der Waals surface area contributed by atoms with Gasteiger partial charge in [-0.15, -0.1) is 0 Å². The lowest BCUT2D eigenvalue weighted by Gasteiger charge is -2.10. The fraction of sp³-hybridized carbons (Fsp3) is 0.111. The van der Waals surface area contributed by atoms with Gasteiger partial charge in [-0.1, -0.05) is 36.4 Å². The van der Waals surface area contributed by atoms with Crippen LogP contribution < -0.4 is 0 Å². The van der Waals surface area contributed by atoms with E-state index in [1.807, 2.05) is 42.5 Å². The summed E-state index contributed by atoms with van der Waals surface area (Å²) in [6, 6.07) is 14.0. The van der Waals surface area contributed by atoms with Crippen molar-refractivity contribution in [1.82, 2.24) is 14.8 Å². The van der Waals surface area contributed by atoms with Gasteiger partial charge < -0.3 is 10.2 Å². The van der Waals surface area contributed by atoms with Crippen molar-refractivity contribution in [3.8, 4) is 5.69 Å². The van der Waals surface area contributed by atoms with Crippen LogP contribution in [0.15, 0.2) is 60.4 Å². The lowest BCUT2D eigenvalue weighted by molar-refractivity contribution is 0.333. The number of aromatic nitrogens is 3. The molecule has 6 heteroatoms. The molecule has 0 saturated carbocycles. The number of H-pyrrole nitrogens is 1. The van der Waals surface area contributed by atoms with Gasteiger partial charge in [-0.05, 0) is 48.1 Å². The molecule has 0 aliphatic rings. The SMILES string of the molecule is C/C=C(\C(O)=C/CO)c1n[nH]c(=S)n1-c1ccc2ccccc2c1. The van der Waals surface area contributed by atoms with E-state index in [0.29, 0.717) is 16.2 Å². The van der Waals surface area contributed by atoms with Gasteiger partial charge in [0.15, 0.2) is 10.6 Å². The zero-order valence-corrected chi connectivity index (χ0v) is 13.9. The summed E-state index contributed by atoms with van der Waals surface area (Å²) in [4.78, 5) is 0. The van der Waals surface area contributed by atoms with Gasteiger partial charge in [0.2, 0.25) is 0 Å². The number of nitrogens with zero attached hydrogens (tertiary/aromatic N) is 2. The Morgan fingerprint density at radius 3 is 2.71 bits per heavy atom. The zero-order chi connectivity index (χ0) is 17.1. The minimum atomic E-state index is -0.260. The van der Waals surface area contributed by atoms with E-state index in [-0.39, 0.29) is 12.4 Å². The maximum Gasteiger partial charge on any atom is 0.200 e. The topological polar surface area (TPSA) is 74.1 Å². The van der Waals surface area contributed by atoms with Gasteiger partial charge in [0, 0.05) is 0 Å². The molecule has 122 valence electrons. The lowest BCUT2D eigenvalue weighted by Crippen LogP contribution is -2.03. The highest BCUT2D eigenvalue weighted by atomic mass is 32.1. The third-order valence-corrected chi connectivity index (χ3v) is 4.03. The van der Waals surface area contributed by atoms with Crippen molar-refractivity contribution in [3.05, 3.63) is 71.0 Å². The Labute approximate surface area is 144 Å². The first-order chi connectivity index (χ1) is 11.7. The van der Waals surface area contributed by atoms with Crippen molar-refractivity contribution in [1.29, 1.82) is 0 Å². The third kappa shape index (κ3) is 2.89. The summed E-state index contributed by atoms with van der Waals surface area (Å²) in [5, 5.41) is 28.4. The molecule has 0 bridgehead atoms. The van der Waals surface area contributed by atoms with Crippen LogP contribution in [0.25, 0.3) is 22.0 Å². The molecule has 0 saturated heterocycles. The number of rotatable bonds is 4. The highest BCUT2D eigenvalue weighted by Gasteiger charge is 2.16. The monoisotopic (exact) mass is 339 g/mol. The predicted octanol–water partition coefficient (Wildman–Crippen LogP) is 3.92. The molecule has 0 aliphatic carbocycles. The Morgan fingerprint density at radius 2 is 2.00 bits per heavy atom. The molecule has 0 aliphatic heterocycles. The summed E-state index contributed by atoms with van der Waals surface area (Å²) in [6.07, 6.45) is 3.04. The zero-order valence-electron chi connectivity index (χ0n) is 13.1. The number of aromatic amines is 1. The number of allylic oxidation sites excluding steroid dienone is 2. The van der Waals surface area contributed by atoms with E-state index in [0.717, 1.165) is 16.5 Å². The molecule has 24 heavy (non-hydrogen) atoms. The van der Waals surface area contributed by atoms with Gasteiger partial charge in [0.05, 0.1) is 17.9 Å². The quantitative estimate of drug-likeness (QED) is 0.383. The van der Waals surface area contributed by atoms with E-state index in [9.17, 15) is 5.11 Å². The third-order valence-electron chi connectivity index (χ3n) is 3.75. The first kappa shape index (κ1) is 16.2. The second kappa shape index (κ2) is 6.82. The number of hydrogen-bond acceptors (Lipinski definition) is 4. The van der Waals surface area contributed by atoms with Crippen LogP contribution in [-0.4, -0.2) is 31.6 Å². The average Bonchev–Trinajstić information content (AvgIpc) is 2.97. The van der Waals surface area contributed by atoms with Crippen molar-refractivity contribution in [3.63, 3.8) is 0 Å². The average molecular weight is 339 g/mol. The van der Waals surface area contributed by atoms with E-state index in [2.05, 4.69) is 10.2 Å². The Bertz CT molecular complexity index is 999. The van der Waals surface area contributed by atoms with Crippen molar-refractivity contribution in [2.24, 2.45) is 0 Å². The molecule has 0 fully saturated rings. The minimum absolute atomic E-state index is 0.0453. The first-order valence-corrected chi connectivity index (χ1v) is 7.90. The molecule has 3 rings (SSSR count). The normalized spacial score (nSPS) is 12.8. The molecule has 0 spiro atoms. The van der Waals surface area contributed by atoms with Crippen LogP contribution in [0.5, 0.6) is 0 Å². The van der Waals surface area contributed by atoms with Gasteiger partial charge in [-0.2, -0.15) is 5.10 Å². The Balaban J connectivity index is 2.19. The van der Waals surface area contributed by atoms with Crippen molar-refractivity contribution < 1.29 is 10.2 Å². The van der Waals surface area contributed by atoms with Crippen molar-refractivity contribution in [2.75, 3.05) is 6.61 Å². The fourth-order valence-corrected chi connectivity index (χ4v) is 2.86. The maximum absolute atomic E-state index is 10.1. The summed E-state index contributed by atoms with van der Waals surface area (Å²) in [7, 11) is 0. The highest BCUT2D eigenvalue weighted by Crippen LogP contribution is 2.25. The molecule has 1 aromatic heterocycles. The van der Waals surface area contributed by atoms with E-state index in [1.54, 1.807) is 17.6 Å². The van der Waals surface area contributed by atoms with E-state index < -0.39 is 0 Å². The van der Waals surface area contributed by atoms with Crippen LogP contribution in [0, 0.1) is 4.77 Å². The standard InChI is InChI=1S/C18H17N3O2S/c1-2-15(16(23)9-10-22)17-19-20-18(24)21(17)14-8-7-12-5-3-4-6-13(12)11-14/h2-9,11,22-23H,10H2,1H3,(H,20,24)/b15-2+,16-9+. The number of benzene rings is 2. The maximum atomic E-state index is 10.1. The number of nitrogens with one attached hydrogen (secondary N) is 1. The molecular weight excluding hydrogens is 322 g/mol. The van der Waals surface area contributed by atoms with E-state index >= 15 is 0 Å². The van der Waals surface area contributed by atoms with Crippen LogP contribution in [0.4, 0.5) is 0 Å². The molecule has 0 radical (unpaired) electrons. The number of aliphatic hydroxyl groups excluding tert-OH is 2. The Hall–Kier alpha value is -2.70. The predicted molar refractivity (Wildman–Crippen MR) is 97.7 cm³/mol. The van der Waals surface area contributed by atoms with Gasteiger partial charge in [-0.25, -0.2) is 0 Å². The highest BCUT2D eigenvalue weighted by molar-refractivity contribution is 7.71. The second-order valence-corrected chi connectivity index (χ2v) is 5.58. The number of aliphatic hydroxyl groups is 2. The van der Waals surface area contributed by atoms with Crippen LogP contribution in [0.2, 0.25) is 0 Å². The fourth-order valence-electron chi connectivity index (χ4n) is 2.62. The summed E-state index contributed by atoms with van der Waals surface area (Å²) >= 11 is 5.36. The summed E-state index contributed by atoms with van der Waals surface area (Å²) in [6.45, 7) is 1.53. The molecule has 1 heterocycles. The molecule has 2 aromatic carbocycles. The first-order valence-electron chi connectivity index (χ1n) is 7.49. The van der Waals surface area contributed by atoms with Crippen LogP contribution in [-0.2, 0) is 0 Å². The smallest absolute Gasteiger partial charge is 0.200 e. The van der Waals surface area contributed by atoms with E-state index in [4.69, 9.17) is 17.3 Å². The van der Waals surface area contributed by atoms with Gasteiger partial charge in [0.1, 0.15) is 5.76 Å². The van der Waals surface area contributed by atoms with Crippen molar-refractivity contribution in [2.45, 2.75) is 6.92 Å². The van der Waals surface area contributed by atoms with Gasteiger partial charge >= 0.3 is 0 Å². The molecule has 5 nitrogen and oxygen atoms in total. The minimum Gasteiger partial charge on any atom is -0.507 e. The van der Waals surface area contributed by atoms with Crippen LogP contribution in [0.3, 0.4) is 0 Å². The van der Waals surface area contributed by atoms with Crippen LogP contribution in [0.1, 0.15) is 12.7 Å². The molecule has 3 aromatic rings. The molecule has 0 atom stereocenters. The molecule has 0 unspecified atom stereocenters. The summed E-state index contributed by atoms with van der Waals surface area (Å²) < 4.78 is 2.19. The van der Waals surface area contributed by atoms with Gasteiger partial charge in [-0.3, -0.25) is 9.67 Å². The summed E-state index contributed by atoms with van der Waals surface area (Å²) in [5.41, 5.74) is 1.34. The number of fused-ring (bicyclic) bond motifs is 1. The largest absolute Gasteiger partial charge is 0.507 e. The van der Waals surface area contributed by atoms with E-state index in [1.165, 1.54) is 6.08 Å². The Morgan fingerprint density at radius 1 is 1.25 bits per heavy atom. The lowest BCUT2D eigenvalue weighted by atomic mass is 10.1. The Kier molecular flexibility index (Phi) is 4.59. The second-order valence-electron chi connectivity index (χ2n) is 5.19. The van der Waals surface area contributed by atoms with Crippen LogP contribution >= 0.6 is 12.2 Å². The summed E-state index contributed by atoms with van der Waals surface area (Å²) in [5.74, 6) is 0.441.